The number of hydrogen-bond acceptors (Lipinski definition) is 2. The molecule has 0 aliphatic carbocycles. The Hall–Kier alpha value is -0.990. The maximum Gasteiger partial charge on any atom is 0.153 e. The molecular weight excluding hydrogens is 212 g/mol. The first-order valence-corrected chi connectivity index (χ1v) is 5.38. The van der Waals surface area contributed by atoms with Gasteiger partial charge in [0, 0.05) is 5.39 Å². The van der Waals surface area contributed by atoms with Gasteiger partial charge in [0.25, 0.3) is 0 Å². The summed E-state index contributed by atoms with van der Waals surface area (Å²) in [5.41, 5.74) is 1.77. The quantitative estimate of drug-likeness (QED) is 0.841. The highest BCUT2D eigenvalue weighted by molar-refractivity contribution is 6.34. The highest BCUT2D eigenvalue weighted by Gasteiger charge is 2.14. The van der Waals surface area contributed by atoms with Gasteiger partial charge in [-0.3, -0.25) is 0 Å². The first kappa shape index (κ1) is 10.5. The van der Waals surface area contributed by atoms with E-state index in [-0.39, 0.29) is 0 Å². The van der Waals surface area contributed by atoms with Crippen LogP contribution in [0.25, 0.3) is 11.0 Å². The molecule has 0 bridgehead atoms. The first-order chi connectivity index (χ1) is 7.13. The van der Waals surface area contributed by atoms with Gasteiger partial charge in [-0.25, -0.2) is 0 Å². The van der Waals surface area contributed by atoms with Crippen LogP contribution < -0.4 is 0 Å². The molecule has 15 heavy (non-hydrogen) atoms. The molecule has 0 radical (unpaired) electrons. The fourth-order valence-corrected chi connectivity index (χ4v) is 1.81. The fraction of sp³-hybridized carbons (Fsp3) is 0.333. The number of rotatable bonds is 2. The van der Waals surface area contributed by atoms with Gasteiger partial charge >= 0.3 is 0 Å². The van der Waals surface area contributed by atoms with Crippen molar-refractivity contribution in [1.29, 1.82) is 0 Å². The van der Waals surface area contributed by atoms with E-state index in [2.05, 4.69) is 0 Å². The molecule has 0 spiro atoms. The standard InChI is InChI=1S/C12H13ClO2/c1-3-10(14)11-6-8-7(2)4-5-9(13)12(8)15-11/h4-6,10,14H,3H2,1-2H3. The number of halogens is 1. The van der Waals surface area contributed by atoms with Crippen LogP contribution in [0.1, 0.15) is 30.8 Å². The lowest BCUT2D eigenvalue weighted by atomic mass is 10.1. The van der Waals surface area contributed by atoms with Gasteiger partial charge in [0.1, 0.15) is 11.9 Å². The Labute approximate surface area is 93.5 Å². The zero-order valence-corrected chi connectivity index (χ0v) is 9.51. The minimum absolute atomic E-state index is 0.548. The Morgan fingerprint density at radius 1 is 1.47 bits per heavy atom. The average Bonchev–Trinajstić information content (AvgIpc) is 2.68. The Morgan fingerprint density at radius 2 is 2.20 bits per heavy atom. The van der Waals surface area contributed by atoms with E-state index in [1.807, 2.05) is 32.0 Å². The third-order valence-electron chi connectivity index (χ3n) is 2.59. The molecule has 1 aromatic heterocycles. The summed E-state index contributed by atoms with van der Waals surface area (Å²) in [4.78, 5) is 0. The predicted octanol–water partition coefficient (Wildman–Crippen LogP) is 3.84. The molecule has 0 amide bonds. The predicted molar refractivity (Wildman–Crippen MR) is 61.2 cm³/mol. The third-order valence-corrected chi connectivity index (χ3v) is 2.89. The van der Waals surface area contributed by atoms with Gasteiger partial charge in [0.2, 0.25) is 0 Å². The average molecular weight is 225 g/mol. The number of aryl methyl sites for hydroxylation is 1. The van der Waals surface area contributed by atoms with Crippen molar-refractivity contribution in [3.8, 4) is 0 Å². The molecule has 0 saturated carbocycles. The Bertz CT molecular complexity index is 449. The van der Waals surface area contributed by atoms with Gasteiger partial charge in [-0.1, -0.05) is 24.6 Å². The minimum Gasteiger partial charge on any atom is -0.457 e. The summed E-state index contributed by atoms with van der Waals surface area (Å²) in [5.74, 6) is 0.587. The smallest absolute Gasteiger partial charge is 0.153 e. The van der Waals surface area contributed by atoms with Crippen LogP contribution in [0, 0.1) is 6.92 Å². The van der Waals surface area contributed by atoms with Crippen LogP contribution in [0.2, 0.25) is 5.02 Å². The van der Waals surface area contributed by atoms with Gasteiger partial charge in [0.05, 0.1) is 5.02 Å². The summed E-state index contributed by atoms with van der Waals surface area (Å²) in [7, 11) is 0. The van der Waals surface area contributed by atoms with E-state index in [0.29, 0.717) is 22.8 Å². The molecular formula is C12H13ClO2. The van der Waals surface area contributed by atoms with E-state index >= 15 is 0 Å². The van der Waals surface area contributed by atoms with Crippen LogP contribution in [0.3, 0.4) is 0 Å². The topological polar surface area (TPSA) is 33.4 Å². The van der Waals surface area contributed by atoms with Crippen molar-refractivity contribution < 1.29 is 9.52 Å². The molecule has 1 aromatic carbocycles. The Kier molecular flexibility index (Phi) is 2.72. The number of aliphatic hydroxyl groups excluding tert-OH is 1. The maximum atomic E-state index is 9.68. The van der Waals surface area contributed by atoms with Crippen molar-refractivity contribution in [3.63, 3.8) is 0 Å². The van der Waals surface area contributed by atoms with Crippen molar-refractivity contribution in [2.45, 2.75) is 26.4 Å². The van der Waals surface area contributed by atoms with Crippen molar-refractivity contribution in [2.24, 2.45) is 0 Å². The SMILES string of the molecule is CCC(O)c1cc2c(C)ccc(Cl)c2o1. The van der Waals surface area contributed by atoms with Crippen molar-refractivity contribution in [3.05, 3.63) is 34.5 Å². The van der Waals surface area contributed by atoms with Gasteiger partial charge in [-0.15, -0.1) is 0 Å². The van der Waals surface area contributed by atoms with E-state index in [9.17, 15) is 5.11 Å². The number of aliphatic hydroxyl groups is 1. The van der Waals surface area contributed by atoms with Gasteiger partial charge < -0.3 is 9.52 Å². The van der Waals surface area contributed by atoms with Crippen LogP contribution in [0.15, 0.2) is 22.6 Å². The molecule has 2 aromatic rings. The lowest BCUT2D eigenvalue weighted by Gasteiger charge is -2.01. The summed E-state index contributed by atoms with van der Waals surface area (Å²) in [5, 5.41) is 11.2. The molecule has 2 nitrogen and oxygen atoms in total. The van der Waals surface area contributed by atoms with Crippen LogP contribution in [-0.4, -0.2) is 5.11 Å². The second kappa shape index (κ2) is 3.87. The van der Waals surface area contributed by atoms with E-state index in [4.69, 9.17) is 16.0 Å². The Morgan fingerprint density at radius 3 is 2.80 bits per heavy atom. The summed E-state index contributed by atoms with van der Waals surface area (Å²) in [6, 6.07) is 5.62. The number of fused-ring (bicyclic) bond motifs is 1. The van der Waals surface area contributed by atoms with Crippen LogP contribution in [0.4, 0.5) is 0 Å². The lowest BCUT2D eigenvalue weighted by molar-refractivity contribution is 0.148. The molecule has 3 heteroatoms. The zero-order chi connectivity index (χ0) is 11.0. The highest BCUT2D eigenvalue weighted by Crippen LogP contribution is 2.32. The monoisotopic (exact) mass is 224 g/mol. The number of hydrogen-bond donors (Lipinski definition) is 1. The molecule has 1 heterocycles. The fourth-order valence-electron chi connectivity index (χ4n) is 1.61. The lowest BCUT2D eigenvalue weighted by Crippen LogP contribution is -1.91. The molecule has 1 unspecified atom stereocenters. The molecule has 0 saturated heterocycles. The highest BCUT2D eigenvalue weighted by atomic mass is 35.5. The molecule has 1 atom stereocenters. The summed E-state index contributed by atoms with van der Waals surface area (Å²) in [6.07, 6.45) is 0.0871. The van der Waals surface area contributed by atoms with E-state index in [1.54, 1.807) is 0 Å². The second-order valence-electron chi connectivity index (χ2n) is 3.68. The van der Waals surface area contributed by atoms with Crippen molar-refractivity contribution in [2.75, 3.05) is 0 Å². The van der Waals surface area contributed by atoms with Crippen LogP contribution in [-0.2, 0) is 0 Å². The molecule has 0 aliphatic heterocycles. The van der Waals surface area contributed by atoms with Crippen molar-refractivity contribution >= 4 is 22.6 Å². The van der Waals surface area contributed by atoms with Gasteiger partial charge in [-0.05, 0) is 31.0 Å². The molecule has 0 fully saturated rings. The number of furan rings is 1. The molecule has 80 valence electrons. The molecule has 0 aliphatic rings. The Balaban J connectivity index is 2.64. The van der Waals surface area contributed by atoms with E-state index in [0.717, 1.165) is 10.9 Å². The van der Waals surface area contributed by atoms with Crippen LogP contribution >= 0.6 is 11.6 Å². The largest absolute Gasteiger partial charge is 0.457 e. The second-order valence-corrected chi connectivity index (χ2v) is 4.09. The first-order valence-electron chi connectivity index (χ1n) is 5.00. The summed E-state index contributed by atoms with van der Waals surface area (Å²) in [6.45, 7) is 3.91. The maximum absolute atomic E-state index is 9.68. The van der Waals surface area contributed by atoms with Gasteiger partial charge in [0.15, 0.2) is 5.58 Å². The molecule has 1 N–H and O–H groups in total. The zero-order valence-electron chi connectivity index (χ0n) is 8.75. The van der Waals surface area contributed by atoms with Crippen LogP contribution in [0.5, 0.6) is 0 Å². The third kappa shape index (κ3) is 1.75. The summed E-state index contributed by atoms with van der Waals surface area (Å²) < 4.78 is 5.55. The van der Waals surface area contributed by atoms with Crippen molar-refractivity contribution in [1.82, 2.24) is 0 Å². The van der Waals surface area contributed by atoms with Gasteiger partial charge in [-0.2, -0.15) is 0 Å². The van der Waals surface area contributed by atoms with E-state index < -0.39 is 6.10 Å². The normalized spacial score (nSPS) is 13.3. The summed E-state index contributed by atoms with van der Waals surface area (Å²) >= 11 is 6.01. The number of benzene rings is 1. The molecule has 2 rings (SSSR count). The van der Waals surface area contributed by atoms with E-state index in [1.165, 1.54) is 0 Å². The minimum atomic E-state index is -0.548.